The van der Waals surface area contributed by atoms with Crippen LogP contribution in [-0.4, -0.2) is 14.9 Å². The highest BCUT2D eigenvalue weighted by molar-refractivity contribution is 7.10. The van der Waals surface area contributed by atoms with Gasteiger partial charge >= 0.3 is 0 Å². The van der Waals surface area contributed by atoms with Crippen molar-refractivity contribution in [3.8, 4) is 0 Å². The van der Waals surface area contributed by atoms with E-state index in [1.165, 1.54) is 4.88 Å². The fraction of sp³-hybridized carbons (Fsp3) is 0.417. The van der Waals surface area contributed by atoms with Crippen molar-refractivity contribution in [3.63, 3.8) is 0 Å². The van der Waals surface area contributed by atoms with Gasteiger partial charge in [-0.1, -0.05) is 0 Å². The summed E-state index contributed by atoms with van der Waals surface area (Å²) in [4.78, 5) is 1.22. The Balaban J connectivity index is 2.44. The monoisotopic (exact) mass is 236 g/mol. The molecule has 0 saturated carbocycles. The standard InChI is InChI=1S/C12H16N2OS/c1-7-5-10(6-16-7)12(15)11-8(2)13-14(4)9(11)3/h5-6,12,15H,1-4H3. The third-order valence-electron chi connectivity index (χ3n) is 2.90. The Morgan fingerprint density at radius 1 is 1.38 bits per heavy atom. The van der Waals surface area contributed by atoms with Crippen LogP contribution in [0.15, 0.2) is 11.4 Å². The molecule has 86 valence electrons. The van der Waals surface area contributed by atoms with Gasteiger partial charge in [-0.3, -0.25) is 4.68 Å². The van der Waals surface area contributed by atoms with Crippen molar-refractivity contribution in [2.45, 2.75) is 26.9 Å². The van der Waals surface area contributed by atoms with E-state index in [-0.39, 0.29) is 0 Å². The average Bonchev–Trinajstić information content (AvgIpc) is 2.73. The van der Waals surface area contributed by atoms with Gasteiger partial charge in [-0.05, 0) is 37.8 Å². The first-order valence-electron chi connectivity index (χ1n) is 5.24. The third-order valence-corrected chi connectivity index (χ3v) is 3.78. The second kappa shape index (κ2) is 4.03. The van der Waals surface area contributed by atoms with Crippen molar-refractivity contribution in [3.05, 3.63) is 38.8 Å². The molecule has 1 unspecified atom stereocenters. The number of rotatable bonds is 2. The highest BCUT2D eigenvalue weighted by Gasteiger charge is 2.20. The smallest absolute Gasteiger partial charge is 0.108 e. The molecule has 1 N–H and O–H groups in total. The van der Waals surface area contributed by atoms with E-state index in [1.54, 1.807) is 11.3 Å². The van der Waals surface area contributed by atoms with Gasteiger partial charge in [-0.25, -0.2) is 0 Å². The molecule has 3 nitrogen and oxygen atoms in total. The van der Waals surface area contributed by atoms with E-state index in [0.29, 0.717) is 0 Å². The van der Waals surface area contributed by atoms with E-state index in [0.717, 1.165) is 22.5 Å². The summed E-state index contributed by atoms with van der Waals surface area (Å²) in [7, 11) is 1.90. The lowest BCUT2D eigenvalue weighted by molar-refractivity contribution is 0.219. The van der Waals surface area contributed by atoms with Gasteiger partial charge in [-0.15, -0.1) is 11.3 Å². The molecule has 4 heteroatoms. The van der Waals surface area contributed by atoms with E-state index in [9.17, 15) is 5.11 Å². The zero-order chi connectivity index (χ0) is 11.9. The minimum atomic E-state index is -0.557. The van der Waals surface area contributed by atoms with Crippen LogP contribution in [0.25, 0.3) is 0 Å². The van der Waals surface area contributed by atoms with Gasteiger partial charge in [0.25, 0.3) is 0 Å². The normalized spacial score (nSPS) is 13.1. The summed E-state index contributed by atoms with van der Waals surface area (Å²) in [6, 6.07) is 2.03. The minimum Gasteiger partial charge on any atom is -0.383 e. The Morgan fingerprint density at radius 2 is 2.06 bits per heavy atom. The lowest BCUT2D eigenvalue weighted by atomic mass is 10.0. The first kappa shape index (κ1) is 11.4. The molecular weight excluding hydrogens is 220 g/mol. The van der Waals surface area contributed by atoms with Gasteiger partial charge in [0, 0.05) is 23.2 Å². The summed E-state index contributed by atoms with van der Waals surface area (Å²) in [6.45, 7) is 5.96. The van der Waals surface area contributed by atoms with Gasteiger partial charge in [0.1, 0.15) is 6.10 Å². The van der Waals surface area contributed by atoms with Crippen molar-refractivity contribution < 1.29 is 5.11 Å². The van der Waals surface area contributed by atoms with E-state index in [4.69, 9.17) is 0 Å². The summed E-state index contributed by atoms with van der Waals surface area (Å²) in [5, 5.41) is 16.7. The molecule has 2 heterocycles. The molecule has 0 radical (unpaired) electrons. The second-order valence-corrected chi connectivity index (χ2v) is 5.22. The Morgan fingerprint density at radius 3 is 2.50 bits per heavy atom. The molecule has 0 bridgehead atoms. The van der Waals surface area contributed by atoms with Crippen LogP contribution in [0.5, 0.6) is 0 Å². The molecule has 0 amide bonds. The summed E-state index contributed by atoms with van der Waals surface area (Å²) in [5.41, 5.74) is 3.81. The number of aliphatic hydroxyl groups is 1. The third kappa shape index (κ3) is 1.79. The van der Waals surface area contributed by atoms with Crippen molar-refractivity contribution >= 4 is 11.3 Å². The van der Waals surface area contributed by atoms with Crippen LogP contribution in [0.4, 0.5) is 0 Å². The van der Waals surface area contributed by atoms with E-state index >= 15 is 0 Å². The molecule has 2 rings (SSSR count). The zero-order valence-corrected chi connectivity index (χ0v) is 10.8. The van der Waals surface area contributed by atoms with Crippen molar-refractivity contribution in [1.29, 1.82) is 0 Å². The number of nitrogens with zero attached hydrogens (tertiary/aromatic N) is 2. The average molecular weight is 236 g/mol. The van der Waals surface area contributed by atoms with E-state index in [2.05, 4.69) is 5.10 Å². The molecular formula is C12H16N2OS. The number of aromatic nitrogens is 2. The van der Waals surface area contributed by atoms with Crippen LogP contribution in [0.3, 0.4) is 0 Å². The maximum atomic E-state index is 10.3. The fourth-order valence-electron chi connectivity index (χ4n) is 1.96. The topological polar surface area (TPSA) is 38.1 Å². The van der Waals surface area contributed by atoms with Crippen molar-refractivity contribution in [1.82, 2.24) is 9.78 Å². The van der Waals surface area contributed by atoms with Crippen molar-refractivity contribution in [2.75, 3.05) is 0 Å². The Hall–Kier alpha value is -1.13. The number of hydrogen-bond acceptors (Lipinski definition) is 3. The molecule has 0 aromatic carbocycles. The summed E-state index contributed by atoms with van der Waals surface area (Å²) >= 11 is 1.66. The Kier molecular flexibility index (Phi) is 2.86. The van der Waals surface area contributed by atoms with Crippen LogP contribution in [-0.2, 0) is 7.05 Å². The lowest BCUT2D eigenvalue weighted by Gasteiger charge is -2.09. The van der Waals surface area contributed by atoms with Crippen LogP contribution in [0.1, 0.15) is 33.5 Å². The predicted octanol–water partition coefficient (Wildman–Crippen LogP) is 2.49. The van der Waals surface area contributed by atoms with Crippen LogP contribution in [0, 0.1) is 20.8 Å². The molecule has 0 saturated heterocycles. The number of aryl methyl sites for hydroxylation is 3. The van der Waals surface area contributed by atoms with Gasteiger partial charge in [0.15, 0.2) is 0 Å². The molecule has 1 atom stereocenters. The largest absolute Gasteiger partial charge is 0.383 e. The Bertz CT molecular complexity index is 513. The number of aliphatic hydroxyl groups excluding tert-OH is 1. The first-order chi connectivity index (χ1) is 7.50. The van der Waals surface area contributed by atoms with E-state index in [1.807, 2.05) is 43.9 Å². The molecule has 0 fully saturated rings. The second-order valence-electron chi connectivity index (χ2n) is 4.10. The lowest BCUT2D eigenvalue weighted by Crippen LogP contribution is -2.01. The van der Waals surface area contributed by atoms with E-state index < -0.39 is 6.10 Å². The first-order valence-corrected chi connectivity index (χ1v) is 6.12. The quantitative estimate of drug-likeness (QED) is 0.870. The summed E-state index contributed by atoms with van der Waals surface area (Å²) < 4.78 is 1.81. The molecule has 0 aliphatic carbocycles. The molecule has 2 aromatic heterocycles. The molecule has 2 aromatic rings. The predicted molar refractivity (Wildman–Crippen MR) is 65.8 cm³/mol. The maximum Gasteiger partial charge on any atom is 0.108 e. The maximum absolute atomic E-state index is 10.3. The highest BCUT2D eigenvalue weighted by Crippen LogP contribution is 2.29. The van der Waals surface area contributed by atoms with Gasteiger partial charge < -0.3 is 5.11 Å². The van der Waals surface area contributed by atoms with Crippen molar-refractivity contribution in [2.24, 2.45) is 7.05 Å². The number of hydrogen-bond donors (Lipinski definition) is 1. The molecule has 0 spiro atoms. The van der Waals surface area contributed by atoms with Gasteiger partial charge in [-0.2, -0.15) is 5.10 Å². The van der Waals surface area contributed by atoms with Crippen LogP contribution >= 0.6 is 11.3 Å². The molecule has 16 heavy (non-hydrogen) atoms. The van der Waals surface area contributed by atoms with Crippen LogP contribution < -0.4 is 0 Å². The molecule has 0 aliphatic rings. The minimum absolute atomic E-state index is 0.557. The zero-order valence-electron chi connectivity index (χ0n) is 9.98. The Labute approximate surface area is 99.4 Å². The molecule has 0 aliphatic heterocycles. The van der Waals surface area contributed by atoms with Gasteiger partial charge in [0.2, 0.25) is 0 Å². The van der Waals surface area contributed by atoms with Crippen LogP contribution in [0.2, 0.25) is 0 Å². The summed E-state index contributed by atoms with van der Waals surface area (Å²) in [6.07, 6.45) is -0.557. The summed E-state index contributed by atoms with van der Waals surface area (Å²) in [5.74, 6) is 0. The fourth-order valence-corrected chi connectivity index (χ4v) is 2.68. The highest BCUT2D eigenvalue weighted by atomic mass is 32.1. The SMILES string of the molecule is Cc1cc(C(O)c2c(C)nn(C)c2C)cs1. The number of thiophene rings is 1. The van der Waals surface area contributed by atoms with Gasteiger partial charge in [0.05, 0.1) is 5.69 Å².